The van der Waals surface area contributed by atoms with Crippen molar-refractivity contribution in [2.24, 2.45) is 0 Å². The van der Waals surface area contributed by atoms with E-state index in [2.05, 4.69) is 35.4 Å². The molecule has 1 heterocycles. The fourth-order valence-electron chi connectivity index (χ4n) is 1.11. The Bertz CT molecular complexity index is 279. The summed E-state index contributed by atoms with van der Waals surface area (Å²) in [6, 6.07) is 4.01. The van der Waals surface area contributed by atoms with E-state index >= 15 is 0 Å². The van der Waals surface area contributed by atoms with Gasteiger partial charge in [0.25, 0.3) is 0 Å². The summed E-state index contributed by atoms with van der Waals surface area (Å²) in [5.41, 5.74) is 1.20. The molecule has 13 heavy (non-hydrogen) atoms. The highest BCUT2D eigenvalue weighted by molar-refractivity contribution is 5.42. The summed E-state index contributed by atoms with van der Waals surface area (Å²) >= 11 is 0. The average Bonchev–Trinajstić information content (AvgIpc) is 2.15. The number of aryl methyl sites for hydroxylation is 1. The number of allylic oxidation sites excluding steroid dienone is 1. The third-order valence-corrected chi connectivity index (χ3v) is 1.85. The van der Waals surface area contributed by atoms with Gasteiger partial charge in [-0.05, 0) is 31.9 Å². The van der Waals surface area contributed by atoms with Crippen LogP contribution >= 0.6 is 0 Å². The normalized spacial score (nSPS) is 10.6. The molecule has 0 radical (unpaired) electrons. The highest BCUT2D eigenvalue weighted by Gasteiger charge is 1.94. The summed E-state index contributed by atoms with van der Waals surface area (Å²) in [6.07, 6.45) is 7.07. The number of hydrogen-bond acceptors (Lipinski definition) is 2. The van der Waals surface area contributed by atoms with Crippen LogP contribution in [0.5, 0.6) is 0 Å². The predicted molar refractivity (Wildman–Crippen MR) is 56.9 cm³/mol. The van der Waals surface area contributed by atoms with Gasteiger partial charge in [0.2, 0.25) is 0 Å². The lowest BCUT2D eigenvalue weighted by Gasteiger charge is -2.05. The van der Waals surface area contributed by atoms with E-state index in [1.807, 2.05) is 19.2 Å². The quantitative estimate of drug-likeness (QED) is 0.563. The third kappa shape index (κ3) is 3.28. The van der Waals surface area contributed by atoms with Gasteiger partial charge in [-0.2, -0.15) is 0 Å². The average molecular weight is 176 g/mol. The van der Waals surface area contributed by atoms with E-state index < -0.39 is 0 Å². The van der Waals surface area contributed by atoms with Gasteiger partial charge in [0.1, 0.15) is 5.82 Å². The topological polar surface area (TPSA) is 24.9 Å². The molecule has 1 aromatic rings. The van der Waals surface area contributed by atoms with E-state index in [4.69, 9.17) is 0 Å². The van der Waals surface area contributed by atoms with E-state index in [1.54, 1.807) is 0 Å². The van der Waals surface area contributed by atoms with Gasteiger partial charge in [-0.15, -0.1) is 0 Å². The van der Waals surface area contributed by atoms with Crippen molar-refractivity contribution in [1.82, 2.24) is 4.98 Å². The smallest absolute Gasteiger partial charge is 0.128 e. The van der Waals surface area contributed by atoms with Crippen molar-refractivity contribution in [1.29, 1.82) is 0 Å². The van der Waals surface area contributed by atoms with Crippen LogP contribution in [0.15, 0.2) is 30.5 Å². The van der Waals surface area contributed by atoms with Gasteiger partial charge in [0, 0.05) is 12.7 Å². The van der Waals surface area contributed by atoms with Gasteiger partial charge in [0.15, 0.2) is 0 Å². The first-order chi connectivity index (χ1) is 6.34. The lowest BCUT2D eigenvalue weighted by atomic mass is 10.3. The minimum Gasteiger partial charge on any atom is -0.370 e. The Morgan fingerprint density at radius 3 is 3.08 bits per heavy atom. The molecule has 0 bridgehead atoms. The SMILES string of the molecule is C/C=C/CCNc1ncccc1C. The lowest BCUT2D eigenvalue weighted by Crippen LogP contribution is -2.03. The highest BCUT2D eigenvalue weighted by atomic mass is 15.0. The van der Waals surface area contributed by atoms with Crippen molar-refractivity contribution in [3.05, 3.63) is 36.0 Å². The van der Waals surface area contributed by atoms with Crippen LogP contribution < -0.4 is 5.32 Å². The maximum atomic E-state index is 4.24. The first kappa shape index (κ1) is 9.78. The van der Waals surface area contributed by atoms with Gasteiger partial charge in [-0.3, -0.25) is 0 Å². The molecule has 1 rings (SSSR count). The van der Waals surface area contributed by atoms with E-state index in [1.165, 1.54) is 5.56 Å². The number of rotatable bonds is 4. The molecule has 70 valence electrons. The van der Waals surface area contributed by atoms with Crippen molar-refractivity contribution in [3.8, 4) is 0 Å². The summed E-state index contributed by atoms with van der Waals surface area (Å²) < 4.78 is 0. The zero-order valence-electron chi connectivity index (χ0n) is 8.25. The van der Waals surface area contributed by atoms with Crippen molar-refractivity contribution in [2.45, 2.75) is 20.3 Å². The van der Waals surface area contributed by atoms with Crippen LogP contribution in [0.1, 0.15) is 18.9 Å². The number of hydrogen-bond donors (Lipinski definition) is 1. The molecule has 2 heteroatoms. The zero-order valence-corrected chi connectivity index (χ0v) is 8.25. The number of nitrogens with zero attached hydrogens (tertiary/aromatic N) is 1. The largest absolute Gasteiger partial charge is 0.370 e. The van der Waals surface area contributed by atoms with Gasteiger partial charge in [0.05, 0.1) is 0 Å². The Kier molecular flexibility index (Phi) is 4.03. The number of aromatic nitrogens is 1. The molecule has 2 nitrogen and oxygen atoms in total. The molecule has 1 aromatic heterocycles. The molecular weight excluding hydrogens is 160 g/mol. The summed E-state index contributed by atoms with van der Waals surface area (Å²) in [7, 11) is 0. The van der Waals surface area contributed by atoms with Gasteiger partial charge >= 0.3 is 0 Å². The lowest BCUT2D eigenvalue weighted by molar-refractivity contribution is 1.04. The van der Waals surface area contributed by atoms with E-state index in [-0.39, 0.29) is 0 Å². The van der Waals surface area contributed by atoms with Crippen LogP contribution in [-0.2, 0) is 0 Å². The molecule has 0 unspecified atom stereocenters. The van der Waals surface area contributed by atoms with Crippen molar-refractivity contribution < 1.29 is 0 Å². The highest BCUT2D eigenvalue weighted by Crippen LogP contribution is 2.08. The summed E-state index contributed by atoms with van der Waals surface area (Å²) in [6.45, 7) is 5.04. The molecule has 0 aromatic carbocycles. The Morgan fingerprint density at radius 2 is 2.38 bits per heavy atom. The molecule has 0 saturated carbocycles. The number of anilines is 1. The predicted octanol–water partition coefficient (Wildman–Crippen LogP) is 2.77. The second-order valence-electron chi connectivity index (χ2n) is 2.95. The second-order valence-corrected chi connectivity index (χ2v) is 2.95. The molecular formula is C11H16N2. The molecule has 0 fully saturated rings. The van der Waals surface area contributed by atoms with E-state index in [0.29, 0.717) is 0 Å². The second kappa shape index (κ2) is 5.36. The van der Waals surface area contributed by atoms with E-state index in [9.17, 15) is 0 Å². The first-order valence-electron chi connectivity index (χ1n) is 4.61. The molecule has 0 aliphatic rings. The minimum atomic E-state index is 0.947. The fourth-order valence-corrected chi connectivity index (χ4v) is 1.11. The Balaban J connectivity index is 2.41. The Hall–Kier alpha value is -1.31. The minimum absolute atomic E-state index is 0.947. The Labute approximate surface area is 79.7 Å². The van der Waals surface area contributed by atoms with Crippen LogP contribution in [0.4, 0.5) is 5.82 Å². The number of pyridine rings is 1. The maximum absolute atomic E-state index is 4.24. The molecule has 0 atom stereocenters. The van der Waals surface area contributed by atoms with Gasteiger partial charge in [-0.1, -0.05) is 18.2 Å². The fraction of sp³-hybridized carbons (Fsp3) is 0.364. The van der Waals surface area contributed by atoms with Crippen molar-refractivity contribution >= 4 is 5.82 Å². The number of nitrogens with one attached hydrogen (secondary N) is 1. The van der Waals surface area contributed by atoms with Crippen LogP contribution in [0.2, 0.25) is 0 Å². The summed E-state index contributed by atoms with van der Waals surface area (Å²) in [5, 5.41) is 3.29. The van der Waals surface area contributed by atoms with E-state index in [0.717, 1.165) is 18.8 Å². The first-order valence-corrected chi connectivity index (χ1v) is 4.61. The van der Waals surface area contributed by atoms with Crippen molar-refractivity contribution in [3.63, 3.8) is 0 Å². The Morgan fingerprint density at radius 1 is 1.54 bits per heavy atom. The zero-order chi connectivity index (χ0) is 9.52. The van der Waals surface area contributed by atoms with Crippen LogP contribution in [0.25, 0.3) is 0 Å². The van der Waals surface area contributed by atoms with Crippen LogP contribution in [0, 0.1) is 6.92 Å². The third-order valence-electron chi connectivity index (χ3n) is 1.85. The monoisotopic (exact) mass is 176 g/mol. The molecule has 1 N–H and O–H groups in total. The van der Waals surface area contributed by atoms with Gasteiger partial charge < -0.3 is 5.32 Å². The molecule has 0 amide bonds. The molecule has 0 aliphatic heterocycles. The van der Waals surface area contributed by atoms with Crippen LogP contribution in [-0.4, -0.2) is 11.5 Å². The standard InChI is InChI=1S/C11H16N2/c1-3-4-5-8-12-11-10(2)7-6-9-13-11/h3-4,6-7,9H,5,8H2,1-2H3,(H,12,13)/b4-3+. The van der Waals surface area contributed by atoms with Crippen molar-refractivity contribution in [2.75, 3.05) is 11.9 Å². The van der Waals surface area contributed by atoms with Crippen LogP contribution in [0.3, 0.4) is 0 Å². The summed E-state index contributed by atoms with van der Waals surface area (Å²) in [5.74, 6) is 0.993. The van der Waals surface area contributed by atoms with Gasteiger partial charge in [-0.25, -0.2) is 4.98 Å². The molecule has 0 spiro atoms. The summed E-state index contributed by atoms with van der Waals surface area (Å²) in [4.78, 5) is 4.24. The maximum Gasteiger partial charge on any atom is 0.128 e. The molecule has 0 saturated heterocycles. The molecule has 0 aliphatic carbocycles.